The molecule has 7 heteroatoms. The Hall–Kier alpha value is -2.36. The van der Waals surface area contributed by atoms with Crippen molar-refractivity contribution >= 4 is 17.7 Å². The summed E-state index contributed by atoms with van der Waals surface area (Å²) >= 11 is 0. The third-order valence-electron chi connectivity index (χ3n) is 5.28. The fourth-order valence-electron chi connectivity index (χ4n) is 4.16. The summed E-state index contributed by atoms with van der Waals surface area (Å²) in [4.78, 5) is 38.7. The first-order valence-corrected chi connectivity index (χ1v) is 9.06. The molecule has 2 aliphatic carbocycles. The third-order valence-corrected chi connectivity index (χ3v) is 5.28. The van der Waals surface area contributed by atoms with Gasteiger partial charge in [-0.05, 0) is 40.0 Å². The highest BCUT2D eigenvalue weighted by molar-refractivity contribution is 6.05. The van der Waals surface area contributed by atoms with E-state index in [1.807, 2.05) is 0 Å². The standard InChI is InChI=1S/C19H25NO6/c1-4-24-13-10-14-18(12-20,15(21)11-13)8-7-9-19(14,16(22)25-5-2)17(23)26-6-3/h11,14H,4-10H2,1-3H3/t14-,18?/m1/s1. The molecule has 0 aromatic heterocycles. The molecule has 0 aromatic rings. The Morgan fingerprint density at radius 2 is 1.77 bits per heavy atom. The molecule has 0 bridgehead atoms. The van der Waals surface area contributed by atoms with Crippen LogP contribution >= 0.6 is 0 Å². The Balaban J connectivity index is 2.62. The van der Waals surface area contributed by atoms with Crippen LogP contribution in [0.15, 0.2) is 11.8 Å². The zero-order chi connectivity index (χ0) is 19.4. The normalized spacial score (nSPS) is 26.8. The predicted molar refractivity (Wildman–Crippen MR) is 90.4 cm³/mol. The Morgan fingerprint density at radius 1 is 1.15 bits per heavy atom. The molecule has 142 valence electrons. The van der Waals surface area contributed by atoms with E-state index >= 15 is 0 Å². The summed E-state index contributed by atoms with van der Waals surface area (Å²) in [5, 5.41) is 9.87. The zero-order valence-corrected chi connectivity index (χ0v) is 15.5. The van der Waals surface area contributed by atoms with Crippen molar-refractivity contribution in [1.82, 2.24) is 0 Å². The van der Waals surface area contributed by atoms with Crippen molar-refractivity contribution < 1.29 is 28.6 Å². The number of hydrogen-bond donors (Lipinski definition) is 0. The molecule has 2 atom stereocenters. The van der Waals surface area contributed by atoms with Crippen LogP contribution in [0.2, 0.25) is 0 Å². The summed E-state index contributed by atoms with van der Waals surface area (Å²) in [5.74, 6) is -2.36. The molecule has 0 amide bonds. The van der Waals surface area contributed by atoms with Crippen molar-refractivity contribution in [3.8, 4) is 6.07 Å². The zero-order valence-electron chi connectivity index (χ0n) is 15.5. The van der Waals surface area contributed by atoms with Gasteiger partial charge >= 0.3 is 11.9 Å². The van der Waals surface area contributed by atoms with Gasteiger partial charge in [-0.1, -0.05) is 0 Å². The number of carbonyl (C=O) groups excluding carboxylic acids is 3. The van der Waals surface area contributed by atoms with E-state index in [4.69, 9.17) is 14.2 Å². The lowest BCUT2D eigenvalue weighted by molar-refractivity contribution is -0.186. The van der Waals surface area contributed by atoms with Crippen LogP contribution in [0.4, 0.5) is 0 Å². The molecule has 0 radical (unpaired) electrons. The Labute approximate surface area is 153 Å². The number of carbonyl (C=O) groups is 3. The van der Waals surface area contributed by atoms with Gasteiger partial charge in [0.25, 0.3) is 0 Å². The summed E-state index contributed by atoms with van der Waals surface area (Å²) in [6.45, 7) is 5.60. The highest BCUT2D eigenvalue weighted by Crippen LogP contribution is 2.57. The minimum absolute atomic E-state index is 0.0916. The second-order valence-electron chi connectivity index (χ2n) is 6.51. The predicted octanol–water partition coefficient (Wildman–Crippen LogP) is 2.30. The smallest absolute Gasteiger partial charge is 0.323 e. The lowest BCUT2D eigenvalue weighted by Crippen LogP contribution is -2.59. The lowest BCUT2D eigenvalue weighted by atomic mass is 9.50. The van der Waals surface area contributed by atoms with Crippen LogP contribution in [0.5, 0.6) is 0 Å². The molecule has 1 saturated carbocycles. The molecule has 0 N–H and O–H groups in total. The monoisotopic (exact) mass is 363 g/mol. The van der Waals surface area contributed by atoms with Gasteiger partial charge in [-0.2, -0.15) is 5.26 Å². The molecule has 1 unspecified atom stereocenters. The van der Waals surface area contributed by atoms with Gasteiger partial charge in [-0.25, -0.2) is 0 Å². The van der Waals surface area contributed by atoms with E-state index in [2.05, 4.69) is 6.07 Å². The van der Waals surface area contributed by atoms with Gasteiger partial charge in [0, 0.05) is 18.4 Å². The molecule has 0 aliphatic heterocycles. The second kappa shape index (κ2) is 7.90. The maximum Gasteiger partial charge on any atom is 0.323 e. The summed E-state index contributed by atoms with van der Waals surface area (Å²) in [6, 6.07) is 2.12. The molecular weight excluding hydrogens is 338 g/mol. The first kappa shape index (κ1) is 20.0. The SMILES string of the molecule is CCOC(=O)C1(C(=O)OCC)CCCC2(C#N)C(=O)C=C(OCC)C[C@H]21. The minimum Gasteiger partial charge on any atom is -0.498 e. The number of ketones is 1. The van der Waals surface area contributed by atoms with E-state index in [1.54, 1.807) is 20.8 Å². The third kappa shape index (κ3) is 2.98. The fraction of sp³-hybridized carbons (Fsp3) is 0.684. The molecule has 1 fully saturated rings. The molecular formula is C19H25NO6. The van der Waals surface area contributed by atoms with Crippen molar-refractivity contribution in [2.24, 2.45) is 16.7 Å². The molecule has 26 heavy (non-hydrogen) atoms. The number of hydrogen-bond acceptors (Lipinski definition) is 7. The topological polar surface area (TPSA) is 103 Å². The molecule has 0 saturated heterocycles. The molecule has 2 aliphatic rings. The van der Waals surface area contributed by atoms with E-state index in [1.165, 1.54) is 6.08 Å². The van der Waals surface area contributed by atoms with E-state index < -0.39 is 34.5 Å². The van der Waals surface area contributed by atoms with Crippen LogP contribution in [0.1, 0.15) is 46.5 Å². The highest BCUT2D eigenvalue weighted by Gasteiger charge is 2.67. The first-order valence-electron chi connectivity index (χ1n) is 9.06. The van der Waals surface area contributed by atoms with Gasteiger partial charge in [-0.3, -0.25) is 14.4 Å². The number of nitriles is 1. The summed E-state index contributed by atoms with van der Waals surface area (Å²) in [7, 11) is 0. The Bertz CT molecular complexity index is 643. The average molecular weight is 363 g/mol. The van der Waals surface area contributed by atoms with Gasteiger partial charge in [0.2, 0.25) is 0 Å². The average Bonchev–Trinajstić information content (AvgIpc) is 2.62. The Kier molecular flexibility index (Phi) is 6.06. The van der Waals surface area contributed by atoms with Gasteiger partial charge in [-0.15, -0.1) is 0 Å². The van der Waals surface area contributed by atoms with Crippen LogP contribution in [0, 0.1) is 28.1 Å². The van der Waals surface area contributed by atoms with Crippen LogP contribution < -0.4 is 0 Å². The Morgan fingerprint density at radius 3 is 2.27 bits per heavy atom. The quantitative estimate of drug-likeness (QED) is 0.527. The first-order chi connectivity index (χ1) is 12.4. The number of nitrogens with zero attached hydrogens (tertiary/aromatic N) is 1. The van der Waals surface area contributed by atoms with E-state index in [-0.39, 0.29) is 26.1 Å². The van der Waals surface area contributed by atoms with Gasteiger partial charge in [0.05, 0.1) is 31.6 Å². The van der Waals surface area contributed by atoms with E-state index in [0.29, 0.717) is 25.2 Å². The largest absolute Gasteiger partial charge is 0.498 e. The summed E-state index contributed by atoms with van der Waals surface area (Å²) in [6.07, 6.45) is 2.33. The summed E-state index contributed by atoms with van der Waals surface area (Å²) in [5.41, 5.74) is -3.12. The van der Waals surface area contributed by atoms with Crippen molar-refractivity contribution in [2.75, 3.05) is 19.8 Å². The van der Waals surface area contributed by atoms with Crippen LogP contribution in [0.3, 0.4) is 0 Å². The van der Waals surface area contributed by atoms with Gasteiger partial charge in [0.1, 0.15) is 5.41 Å². The van der Waals surface area contributed by atoms with Crippen LogP contribution in [0.25, 0.3) is 0 Å². The number of allylic oxidation sites excluding steroid dienone is 2. The maximum atomic E-state index is 12.9. The number of rotatable bonds is 6. The molecule has 0 spiro atoms. The van der Waals surface area contributed by atoms with Crippen molar-refractivity contribution in [1.29, 1.82) is 5.26 Å². The molecule has 0 aromatic carbocycles. The molecule has 7 nitrogen and oxygen atoms in total. The van der Waals surface area contributed by atoms with E-state index in [9.17, 15) is 19.6 Å². The number of fused-ring (bicyclic) bond motifs is 1. The van der Waals surface area contributed by atoms with Gasteiger partial charge in [0.15, 0.2) is 11.2 Å². The second-order valence-corrected chi connectivity index (χ2v) is 6.51. The van der Waals surface area contributed by atoms with E-state index in [0.717, 1.165) is 0 Å². The fourth-order valence-corrected chi connectivity index (χ4v) is 4.16. The molecule has 2 rings (SSSR count). The maximum absolute atomic E-state index is 12.9. The summed E-state index contributed by atoms with van der Waals surface area (Å²) < 4.78 is 15.9. The van der Waals surface area contributed by atoms with Gasteiger partial charge < -0.3 is 14.2 Å². The highest BCUT2D eigenvalue weighted by atomic mass is 16.6. The van der Waals surface area contributed by atoms with Crippen LogP contribution in [-0.2, 0) is 28.6 Å². The van der Waals surface area contributed by atoms with Crippen molar-refractivity contribution in [3.05, 3.63) is 11.8 Å². The number of esters is 2. The molecule has 0 heterocycles. The number of ether oxygens (including phenoxy) is 3. The van der Waals surface area contributed by atoms with Crippen LogP contribution in [-0.4, -0.2) is 37.5 Å². The lowest BCUT2D eigenvalue weighted by Gasteiger charge is -2.49. The van der Waals surface area contributed by atoms with Crippen molar-refractivity contribution in [2.45, 2.75) is 46.5 Å². The minimum atomic E-state index is -1.67. The van der Waals surface area contributed by atoms with Crippen molar-refractivity contribution in [3.63, 3.8) is 0 Å².